The first-order valence-electron chi connectivity index (χ1n) is 5.50. The number of hydrogen-bond donors (Lipinski definition) is 2. The van der Waals surface area contributed by atoms with Crippen LogP contribution in [0.15, 0.2) is 22.7 Å². The zero-order valence-electron chi connectivity index (χ0n) is 10.8. The van der Waals surface area contributed by atoms with Crippen LogP contribution in [-0.2, 0) is 14.3 Å². The number of esters is 1. The molecule has 0 radical (unpaired) electrons. The SMILES string of the molecule is COC(=O)NC(=O)[C@H](C)OC(=O)c1cc(Br)ccc1N. The summed E-state index contributed by atoms with van der Waals surface area (Å²) in [6, 6.07) is 4.67. The summed E-state index contributed by atoms with van der Waals surface area (Å²) in [7, 11) is 1.11. The van der Waals surface area contributed by atoms with Crippen molar-refractivity contribution >= 4 is 39.6 Å². The number of hydrogen-bond acceptors (Lipinski definition) is 6. The van der Waals surface area contributed by atoms with Gasteiger partial charge in [0, 0.05) is 10.2 Å². The minimum atomic E-state index is -1.17. The van der Waals surface area contributed by atoms with Gasteiger partial charge in [-0.15, -0.1) is 0 Å². The van der Waals surface area contributed by atoms with Gasteiger partial charge in [-0.25, -0.2) is 9.59 Å². The largest absolute Gasteiger partial charge is 0.453 e. The molecule has 0 unspecified atom stereocenters. The summed E-state index contributed by atoms with van der Waals surface area (Å²) in [6.45, 7) is 1.32. The smallest absolute Gasteiger partial charge is 0.413 e. The van der Waals surface area contributed by atoms with Crippen molar-refractivity contribution < 1.29 is 23.9 Å². The Morgan fingerprint density at radius 1 is 1.35 bits per heavy atom. The molecular weight excluding hydrogens is 332 g/mol. The van der Waals surface area contributed by atoms with Crippen LogP contribution in [0.4, 0.5) is 10.5 Å². The van der Waals surface area contributed by atoms with Crippen LogP contribution in [-0.4, -0.2) is 31.2 Å². The maximum Gasteiger partial charge on any atom is 0.413 e. The van der Waals surface area contributed by atoms with E-state index in [1.807, 2.05) is 5.32 Å². The van der Waals surface area contributed by atoms with Gasteiger partial charge in [-0.05, 0) is 25.1 Å². The first-order chi connectivity index (χ1) is 9.35. The van der Waals surface area contributed by atoms with E-state index in [1.54, 1.807) is 6.07 Å². The molecule has 108 valence electrons. The average molecular weight is 345 g/mol. The molecule has 0 heterocycles. The fourth-order valence-corrected chi connectivity index (χ4v) is 1.60. The van der Waals surface area contributed by atoms with Crippen LogP contribution in [0.25, 0.3) is 0 Å². The van der Waals surface area contributed by atoms with Crippen LogP contribution in [0.3, 0.4) is 0 Å². The number of methoxy groups -OCH3 is 1. The van der Waals surface area contributed by atoms with Crippen molar-refractivity contribution in [2.45, 2.75) is 13.0 Å². The number of halogens is 1. The van der Waals surface area contributed by atoms with E-state index in [4.69, 9.17) is 10.5 Å². The molecule has 7 nitrogen and oxygen atoms in total. The summed E-state index contributed by atoms with van der Waals surface area (Å²) in [5.41, 5.74) is 5.99. The van der Waals surface area contributed by atoms with E-state index in [0.29, 0.717) is 4.47 Å². The molecule has 1 rings (SSSR count). The molecule has 1 atom stereocenters. The predicted octanol–water partition coefficient (Wildman–Crippen LogP) is 1.46. The molecule has 8 heteroatoms. The third-order valence-electron chi connectivity index (χ3n) is 2.30. The Hall–Kier alpha value is -2.09. The van der Waals surface area contributed by atoms with E-state index < -0.39 is 24.1 Å². The number of nitrogens with two attached hydrogens (primary N) is 1. The molecule has 0 aliphatic carbocycles. The number of carbonyl (C=O) groups excluding carboxylic acids is 3. The van der Waals surface area contributed by atoms with Gasteiger partial charge in [-0.3, -0.25) is 10.1 Å². The fourth-order valence-electron chi connectivity index (χ4n) is 1.24. The van der Waals surface area contributed by atoms with Gasteiger partial charge in [-0.1, -0.05) is 15.9 Å². The first kappa shape index (κ1) is 16.0. The van der Waals surface area contributed by atoms with Crippen molar-refractivity contribution in [1.29, 1.82) is 0 Å². The number of ether oxygens (including phenoxy) is 2. The molecular formula is C12H13BrN2O5. The van der Waals surface area contributed by atoms with Gasteiger partial charge >= 0.3 is 12.1 Å². The van der Waals surface area contributed by atoms with Crippen molar-refractivity contribution in [2.75, 3.05) is 12.8 Å². The van der Waals surface area contributed by atoms with Gasteiger partial charge < -0.3 is 15.2 Å². The molecule has 0 aliphatic heterocycles. The predicted molar refractivity (Wildman–Crippen MR) is 74.0 cm³/mol. The Kier molecular flexibility index (Phi) is 5.51. The Morgan fingerprint density at radius 2 is 2.00 bits per heavy atom. The van der Waals surface area contributed by atoms with Crippen LogP contribution >= 0.6 is 15.9 Å². The number of benzene rings is 1. The van der Waals surface area contributed by atoms with E-state index >= 15 is 0 Å². The summed E-state index contributed by atoms with van der Waals surface area (Å²) in [5, 5.41) is 1.89. The molecule has 0 aromatic heterocycles. The molecule has 3 N–H and O–H groups in total. The number of nitrogens with one attached hydrogen (secondary N) is 1. The lowest BCUT2D eigenvalue weighted by atomic mass is 10.2. The highest BCUT2D eigenvalue weighted by Crippen LogP contribution is 2.19. The van der Waals surface area contributed by atoms with E-state index in [2.05, 4.69) is 20.7 Å². The van der Waals surface area contributed by atoms with Gasteiger partial charge in [0.15, 0.2) is 6.10 Å². The van der Waals surface area contributed by atoms with Gasteiger partial charge in [0.2, 0.25) is 0 Å². The van der Waals surface area contributed by atoms with Gasteiger partial charge in [0.1, 0.15) is 0 Å². The number of amides is 2. The molecule has 0 aliphatic rings. The monoisotopic (exact) mass is 344 g/mol. The Balaban J connectivity index is 2.72. The van der Waals surface area contributed by atoms with Crippen molar-refractivity contribution in [3.8, 4) is 0 Å². The summed E-state index contributed by atoms with van der Waals surface area (Å²) in [5.74, 6) is -1.56. The lowest BCUT2D eigenvalue weighted by Crippen LogP contribution is -2.39. The second kappa shape index (κ2) is 6.90. The summed E-state index contributed by atoms with van der Waals surface area (Å²) in [4.78, 5) is 34.2. The number of imide groups is 1. The Labute approximate surface area is 123 Å². The van der Waals surface area contributed by atoms with Gasteiger partial charge in [-0.2, -0.15) is 0 Å². The van der Waals surface area contributed by atoms with Gasteiger partial charge in [0.25, 0.3) is 5.91 Å². The van der Waals surface area contributed by atoms with Crippen LogP contribution in [0.1, 0.15) is 17.3 Å². The Bertz CT molecular complexity index is 547. The van der Waals surface area contributed by atoms with Crippen molar-refractivity contribution in [3.63, 3.8) is 0 Å². The molecule has 0 saturated carbocycles. The summed E-state index contributed by atoms with van der Waals surface area (Å²) in [6.07, 6.45) is -2.10. The molecule has 1 aromatic carbocycles. The maximum absolute atomic E-state index is 11.9. The highest BCUT2D eigenvalue weighted by molar-refractivity contribution is 9.10. The highest BCUT2D eigenvalue weighted by Gasteiger charge is 2.22. The first-order valence-corrected chi connectivity index (χ1v) is 6.29. The molecule has 20 heavy (non-hydrogen) atoms. The third kappa shape index (κ3) is 4.23. The molecule has 0 bridgehead atoms. The van der Waals surface area contributed by atoms with Crippen LogP contribution in [0.5, 0.6) is 0 Å². The minimum absolute atomic E-state index is 0.122. The van der Waals surface area contributed by atoms with Crippen molar-refractivity contribution in [3.05, 3.63) is 28.2 Å². The third-order valence-corrected chi connectivity index (χ3v) is 2.79. The summed E-state index contributed by atoms with van der Waals surface area (Å²) < 4.78 is 9.82. The van der Waals surface area contributed by atoms with Crippen LogP contribution in [0, 0.1) is 0 Å². The normalized spacial score (nSPS) is 11.3. The zero-order chi connectivity index (χ0) is 15.3. The number of rotatable bonds is 3. The standard InChI is InChI=1S/C12H13BrN2O5/c1-6(10(16)15-12(18)19-2)20-11(17)8-5-7(13)3-4-9(8)14/h3-6H,14H2,1-2H3,(H,15,16,18)/t6-/m0/s1. The fraction of sp³-hybridized carbons (Fsp3) is 0.250. The topological polar surface area (TPSA) is 108 Å². The second-order valence-corrected chi connectivity index (χ2v) is 4.68. The number of alkyl carbamates (subject to hydrolysis) is 1. The van der Waals surface area contributed by atoms with Crippen LogP contribution < -0.4 is 11.1 Å². The van der Waals surface area contributed by atoms with E-state index in [1.165, 1.54) is 19.1 Å². The minimum Gasteiger partial charge on any atom is -0.453 e. The molecule has 0 fully saturated rings. The number of nitrogen functional groups attached to an aromatic ring is 1. The molecule has 1 aromatic rings. The molecule has 0 saturated heterocycles. The zero-order valence-corrected chi connectivity index (χ0v) is 12.4. The molecule has 2 amide bonds. The summed E-state index contributed by atoms with van der Waals surface area (Å²) >= 11 is 3.20. The quantitative estimate of drug-likeness (QED) is 0.634. The van der Waals surface area contributed by atoms with E-state index in [0.717, 1.165) is 7.11 Å². The Morgan fingerprint density at radius 3 is 2.60 bits per heavy atom. The van der Waals surface area contributed by atoms with Gasteiger partial charge in [0.05, 0.1) is 12.7 Å². The lowest BCUT2D eigenvalue weighted by Gasteiger charge is -2.13. The molecule has 0 spiro atoms. The average Bonchev–Trinajstić information content (AvgIpc) is 2.40. The highest BCUT2D eigenvalue weighted by atomic mass is 79.9. The maximum atomic E-state index is 11.9. The number of carbonyl (C=O) groups is 3. The van der Waals surface area contributed by atoms with Crippen molar-refractivity contribution in [2.24, 2.45) is 0 Å². The van der Waals surface area contributed by atoms with Crippen molar-refractivity contribution in [1.82, 2.24) is 5.32 Å². The van der Waals surface area contributed by atoms with E-state index in [9.17, 15) is 14.4 Å². The number of anilines is 1. The second-order valence-electron chi connectivity index (χ2n) is 3.76. The lowest BCUT2D eigenvalue weighted by molar-refractivity contribution is -0.128. The van der Waals surface area contributed by atoms with E-state index in [-0.39, 0.29) is 11.3 Å². The van der Waals surface area contributed by atoms with Crippen LogP contribution in [0.2, 0.25) is 0 Å².